The van der Waals surface area contributed by atoms with Crippen molar-refractivity contribution in [2.24, 2.45) is 0 Å². The molecule has 0 radical (unpaired) electrons. The van der Waals surface area contributed by atoms with Gasteiger partial charge in [-0.05, 0) is 12.5 Å². The second kappa shape index (κ2) is 6.24. The topological polar surface area (TPSA) is 69.0 Å². The molecule has 1 aliphatic rings. The van der Waals surface area contributed by atoms with Crippen molar-refractivity contribution in [3.63, 3.8) is 0 Å². The number of pyridine rings is 1. The molecule has 0 unspecified atom stereocenters. The van der Waals surface area contributed by atoms with Crippen LogP contribution in [0.5, 0.6) is 0 Å². The second-order valence-corrected chi connectivity index (χ2v) is 5.33. The summed E-state index contributed by atoms with van der Waals surface area (Å²) in [6.07, 6.45) is 7.24. The monoisotopic (exact) mass is 306 g/mol. The van der Waals surface area contributed by atoms with Crippen LogP contribution in [0.25, 0.3) is 0 Å². The second-order valence-electron chi connectivity index (χ2n) is 4.90. The molecule has 21 heavy (non-hydrogen) atoms. The molecular formula is C14H15ClN4O2. The zero-order chi connectivity index (χ0) is 14.7. The Morgan fingerprint density at radius 2 is 2.43 bits per heavy atom. The Morgan fingerprint density at radius 3 is 3.14 bits per heavy atom. The molecule has 110 valence electrons. The lowest BCUT2D eigenvalue weighted by atomic mass is 10.0. The molecule has 1 N–H and O–H groups in total. The first-order valence-corrected chi connectivity index (χ1v) is 7.09. The average molecular weight is 307 g/mol. The van der Waals surface area contributed by atoms with E-state index in [1.54, 1.807) is 18.6 Å². The molecule has 0 aromatic carbocycles. The highest BCUT2D eigenvalue weighted by Gasteiger charge is 2.31. The number of rotatable bonds is 4. The Bertz CT molecular complexity index is 616. The molecule has 7 heteroatoms. The van der Waals surface area contributed by atoms with Gasteiger partial charge in [-0.1, -0.05) is 17.7 Å². The zero-order valence-electron chi connectivity index (χ0n) is 11.3. The van der Waals surface area contributed by atoms with Gasteiger partial charge in [-0.15, -0.1) is 0 Å². The van der Waals surface area contributed by atoms with Gasteiger partial charge in [0.25, 0.3) is 0 Å². The molecule has 1 amide bonds. The van der Waals surface area contributed by atoms with Crippen molar-refractivity contribution in [3.8, 4) is 0 Å². The maximum Gasteiger partial charge on any atom is 0.242 e. The lowest BCUT2D eigenvalue weighted by Gasteiger charge is -2.19. The van der Waals surface area contributed by atoms with Gasteiger partial charge in [-0.25, -0.2) is 0 Å². The van der Waals surface area contributed by atoms with Crippen LogP contribution in [0, 0.1) is 0 Å². The summed E-state index contributed by atoms with van der Waals surface area (Å²) in [6, 6.07) is 3.77. The van der Waals surface area contributed by atoms with Crippen LogP contribution < -0.4 is 5.32 Å². The molecule has 0 saturated carbocycles. The summed E-state index contributed by atoms with van der Waals surface area (Å²) in [7, 11) is 0. The van der Waals surface area contributed by atoms with E-state index in [0.29, 0.717) is 11.6 Å². The van der Waals surface area contributed by atoms with Gasteiger partial charge in [0.15, 0.2) is 0 Å². The van der Waals surface area contributed by atoms with Crippen molar-refractivity contribution in [1.29, 1.82) is 0 Å². The van der Waals surface area contributed by atoms with Crippen LogP contribution >= 0.6 is 11.6 Å². The molecule has 3 heterocycles. The lowest BCUT2D eigenvalue weighted by molar-refractivity contribution is -0.123. The van der Waals surface area contributed by atoms with Crippen LogP contribution in [0.4, 0.5) is 0 Å². The Labute approximate surface area is 127 Å². The van der Waals surface area contributed by atoms with Gasteiger partial charge >= 0.3 is 0 Å². The molecular weight excluding hydrogens is 292 g/mol. The first-order valence-electron chi connectivity index (χ1n) is 6.71. The van der Waals surface area contributed by atoms with E-state index in [9.17, 15) is 4.79 Å². The van der Waals surface area contributed by atoms with Gasteiger partial charge in [0.1, 0.15) is 12.6 Å². The quantitative estimate of drug-likeness (QED) is 0.931. The minimum Gasteiger partial charge on any atom is -0.371 e. The van der Waals surface area contributed by atoms with Crippen LogP contribution in [0.15, 0.2) is 36.9 Å². The molecule has 2 aromatic heterocycles. The van der Waals surface area contributed by atoms with Gasteiger partial charge in [-0.2, -0.15) is 5.10 Å². The van der Waals surface area contributed by atoms with Gasteiger partial charge in [0, 0.05) is 30.8 Å². The number of carbonyl (C=O) groups is 1. The van der Waals surface area contributed by atoms with Crippen LogP contribution in [0.1, 0.15) is 18.1 Å². The first kappa shape index (κ1) is 14.0. The third kappa shape index (κ3) is 3.40. The van der Waals surface area contributed by atoms with E-state index in [0.717, 1.165) is 12.0 Å². The Hall–Kier alpha value is -1.92. The van der Waals surface area contributed by atoms with Gasteiger partial charge in [-0.3, -0.25) is 14.5 Å². The van der Waals surface area contributed by atoms with Crippen LogP contribution in [0.3, 0.4) is 0 Å². The number of hydrogen-bond donors (Lipinski definition) is 1. The number of nitrogens with one attached hydrogen (secondary N) is 1. The number of hydrogen-bond acceptors (Lipinski definition) is 4. The van der Waals surface area contributed by atoms with E-state index in [2.05, 4.69) is 15.4 Å². The predicted octanol–water partition coefficient (Wildman–Crippen LogP) is 1.58. The maximum absolute atomic E-state index is 12.1. The predicted molar refractivity (Wildman–Crippen MR) is 76.7 cm³/mol. The van der Waals surface area contributed by atoms with E-state index >= 15 is 0 Å². The number of aromatic nitrogens is 3. The minimum atomic E-state index is -0.149. The van der Waals surface area contributed by atoms with Crippen molar-refractivity contribution in [1.82, 2.24) is 20.1 Å². The summed E-state index contributed by atoms with van der Waals surface area (Å²) in [5.74, 6) is -0.112. The summed E-state index contributed by atoms with van der Waals surface area (Å²) >= 11 is 5.78. The molecule has 0 bridgehead atoms. The van der Waals surface area contributed by atoms with Crippen molar-refractivity contribution in [2.75, 3.05) is 6.61 Å². The Balaban J connectivity index is 1.62. The van der Waals surface area contributed by atoms with Crippen molar-refractivity contribution in [2.45, 2.75) is 25.1 Å². The molecule has 1 saturated heterocycles. The Morgan fingerprint density at radius 1 is 1.52 bits per heavy atom. The largest absolute Gasteiger partial charge is 0.371 e. The highest BCUT2D eigenvalue weighted by Crippen LogP contribution is 2.28. The highest BCUT2D eigenvalue weighted by atomic mass is 35.5. The van der Waals surface area contributed by atoms with E-state index in [1.165, 1.54) is 10.9 Å². The fourth-order valence-electron chi connectivity index (χ4n) is 2.43. The first-order chi connectivity index (χ1) is 10.2. The number of halogens is 1. The maximum atomic E-state index is 12.1. The van der Waals surface area contributed by atoms with Crippen LogP contribution in [-0.2, 0) is 16.1 Å². The van der Waals surface area contributed by atoms with Crippen molar-refractivity contribution < 1.29 is 9.53 Å². The van der Waals surface area contributed by atoms with Crippen molar-refractivity contribution in [3.05, 3.63) is 47.5 Å². The fourth-order valence-corrected chi connectivity index (χ4v) is 2.59. The van der Waals surface area contributed by atoms with Gasteiger partial charge in [0.2, 0.25) is 5.91 Å². The van der Waals surface area contributed by atoms with Crippen LogP contribution in [0.2, 0.25) is 5.02 Å². The number of nitrogens with zero attached hydrogens (tertiary/aromatic N) is 3. The standard InChI is InChI=1S/C14H15ClN4O2/c15-11-7-17-19(8-11)9-13(20)18-12-3-5-21-14(12)10-2-1-4-16-6-10/h1-2,4,6-8,12,14H,3,5,9H2,(H,18,20)/t12-,14+/m0/s1. The number of amides is 1. The van der Waals surface area contributed by atoms with Crippen molar-refractivity contribution >= 4 is 17.5 Å². The molecule has 1 aliphatic heterocycles. The zero-order valence-corrected chi connectivity index (χ0v) is 12.0. The molecule has 0 spiro atoms. The summed E-state index contributed by atoms with van der Waals surface area (Å²) in [6.45, 7) is 0.765. The van der Waals surface area contributed by atoms with E-state index in [4.69, 9.17) is 16.3 Å². The van der Waals surface area contributed by atoms with E-state index in [-0.39, 0.29) is 24.6 Å². The Kier molecular flexibility index (Phi) is 4.17. The van der Waals surface area contributed by atoms with Crippen LogP contribution in [-0.4, -0.2) is 33.3 Å². The third-order valence-electron chi connectivity index (χ3n) is 3.36. The minimum absolute atomic E-state index is 0.0484. The smallest absolute Gasteiger partial charge is 0.242 e. The van der Waals surface area contributed by atoms with E-state index < -0.39 is 0 Å². The average Bonchev–Trinajstić information content (AvgIpc) is 3.09. The molecule has 1 fully saturated rings. The van der Waals surface area contributed by atoms with Gasteiger partial charge < -0.3 is 10.1 Å². The summed E-state index contributed by atoms with van der Waals surface area (Å²) < 4.78 is 7.22. The summed E-state index contributed by atoms with van der Waals surface area (Å²) in [5, 5.41) is 7.49. The fraction of sp³-hybridized carbons (Fsp3) is 0.357. The third-order valence-corrected chi connectivity index (χ3v) is 3.55. The number of ether oxygens (including phenoxy) is 1. The summed E-state index contributed by atoms with van der Waals surface area (Å²) in [4.78, 5) is 16.2. The normalized spacial score (nSPS) is 21.4. The SMILES string of the molecule is O=C(Cn1cc(Cl)cn1)N[C@H]1CCO[C@@H]1c1cccnc1. The molecule has 0 aliphatic carbocycles. The summed E-state index contributed by atoms with van der Waals surface area (Å²) in [5.41, 5.74) is 0.974. The molecule has 2 atom stereocenters. The number of carbonyl (C=O) groups excluding carboxylic acids is 1. The van der Waals surface area contributed by atoms with Gasteiger partial charge in [0.05, 0.1) is 17.3 Å². The van der Waals surface area contributed by atoms with E-state index in [1.807, 2.05) is 12.1 Å². The molecule has 3 rings (SSSR count). The molecule has 2 aromatic rings. The molecule has 6 nitrogen and oxygen atoms in total. The highest BCUT2D eigenvalue weighted by molar-refractivity contribution is 6.30. The lowest BCUT2D eigenvalue weighted by Crippen LogP contribution is -2.38.